The van der Waals surface area contributed by atoms with Crippen LogP contribution in [0.1, 0.15) is 5.56 Å². The Labute approximate surface area is 98.8 Å². The van der Waals surface area contributed by atoms with Gasteiger partial charge >= 0.3 is 6.03 Å². The summed E-state index contributed by atoms with van der Waals surface area (Å²) in [6.45, 7) is 0.573. The SMILES string of the molecule is O=C(NCCc1ccccc1)Nc1ccno1. The first kappa shape index (κ1) is 11.2. The van der Waals surface area contributed by atoms with Crippen molar-refractivity contribution < 1.29 is 9.32 Å². The van der Waals surface area contributed by atoms with Crippen LogP contribution in [0.3, 0.4) is 0 Å². The highest BCUT2D eigenvalue weighted by Crippen LogP contribution is 2.02. The molecule has 88 valence electrons. The lowest BCUT2D eigenvalue weighted by Gasteiger charge is -2.04. The van der Waals surface area contributed by atoms with E-state index in [0.717, 1.165) is 6.42 Å². The highest BCUT2D eigenvalue weighted by atomic mass is 16.5. The van der Waals surface area contributed by atoms with E-state index in [1.165, 1.54) is 11.8 Å². The molecule has 1 heterocycles. The maximum absolute atomic E-state index is 11.4. The van der Waals surface area contributed by atoms with Crippen molar-refractivity contribution in [3.63, 3.8) is 0 Å². The zero-order valence-corrected chi connectivity index (χ0v) is 9.22. The molecule has 1 aromatic heterocycles. The van der Waals surface area contributed by atoms with E-state index in [2.05, 4.69) is 15.8 Å². The number of aromatic nitrogens is 1. The number of benzene rings is 1. The van der Waals surface area contributed by atoms with Gasteiger partial charge in [0.15, 0.2) is 0 Å². The van der Waals surface area contributed by atoms with Gasteiger partial charge in [0.1, 0.15) is 0 Å². The minimum atomic E-state index is -0.294. The van der Waals surface area contributed by atoms with Gasteiger partial charge in [0, 0.05) is 12.6 Å². The lowest BCUT2D eigenvalue weighted by Crippen LogP contribution is -2.30. The van der Waals surface area contributed by atoms with Gasteiger partial charge in [-0.15, -0.1) is 0 Å². The van der Waals surface area contributed by atoms with Crippen molar-refractivity contribution in [2.24, 2.45) is 0 Å². The lowest BCUT2D eigenvalue weighted by atomic mass is 10.1. The zero-order chi connectivity index (χ0) is 11.9. The van der Waals surface area contributed by atoms with E-state index in [4.69, 9.17) is 4.52 Å². The molecule has 0 fully saturated rings. The second-order valence-electron chi connectivity index (χ2n) is 3.49. The smallest absolute Gasteiger partial charge is 0.321 e. The second kappa shape index (κ2) is 5.69. The molecular weight excluding hydrogens is 218 g/mol. The van der Waals surface area contributed by atoms with Crippen LogP contribution in [-0.4, -0.2) is 17.7 Å². The van der Waals surface area contributed by atoms with Crippen LogP contribution in [-0.2, 0) is 6.42 Å². The first-order valence-corrected chi connectivity index (χ1v) is 5.34. The number of anilines is 1. The fourth-order valence-corrected chi connectivity index (χ4v) is 1.40. The highest BCUT2D eigenvalue weighted by molar-refractivity contribution is 5.87. The number of hydrogen-bond acceptors (Lipinski definition) is 3. The number of carbonyl (C=O) groups excluding carboxylic acids is 1. The van der Waals surface area contributed by atoms with Crippen LogP contribution in [0.15, 0.2) is 47.1 Å². The normalized spacial score (nSPS) is 9.88. The van der Waals surface area contributed by atoms with Crippen LogP contribution >= 0.6 is 0 Å². The molecular formula is C12H13N3O2. The third-order valence-corrected chi connectivity index (χ3v) is 2.22. The molecule has 17 heavy (non-hydrogen) atoms. The Morgan fingerprint density at radius 3 is 2.76 bits per heavy atom. The maximum Gasteiger partial charge on any atom is 0.321 e. The number of urea groups is 1. The maximum atomic E-state index is 11.4. The van der Waals surface area contributed by atoms with E-state index in [0.29, 0.717) is 12.4 Å². The number of amides is 2. The first-order valence-electron chi connectivity index (χ1n) is 5.34. The zero-order valence-electron chi connectivity index (χ0n) is 9.22. The predicted octanol–water partition coefficient (Wildman–Crippen LogP) is 2.04. The lowest BCUT2D eigenvalue weighted by molar-refractivity contribution is 0.251. The number of nitrogens with zero attached hydrogens (tertiary/aromatic N) is 1. The average molecular weight is 231 g/mol. The van der Waals surface area contributed by atoms with Gasteiger partial charge in [-0.3, -0.25) is 5.32 Å². The van der Waals surface area contributed by atoms with Crippen LogP contribution in [0.25, 0.3) is 0 Å². The van der Waals surface area contributed by atoms with Gasteiger partial charge in [-0.05, 0) is 12.0 Å². The standard InChI is InChI=1S/C12H13N3O2/c16-12(15-11-7-9-14-17-11)13-8-6-10-4-2-1-3-5-10/h1-5,7,9H,6,8H2,(H2,13,15,16). The molecule has 2 rings (SSSR count). The topological polar surface area (TPSA) is 67.2 Å². The Balaban J connectivity index is 1.70. The van der Waals surface area contributed by atoms with E-state index in [9.17, 15) is 4.79 Å². The molecule has 0 aliphatic carbocycles. The number of carbonyl (C=O) groups is 1. The summed E-state index contributed by atoms with van der Waals surface area (Å²) < 4.78 is 4.75. The summed E-state index contributed by atoms with van der Waals surface area (Å²) in [5.41, 5.74) is 1.19. The Morgan fingerprint density at radius 1 is 1.24 bits per heavy atom. The van der Waals surface area contributed by atoms with Gasteiger partial charge in [0.2, 0.25) is 5.88 Å². The molecule has 5 heteroatoms. The molecule has 0 saturated heterocycles. The fraction of sp³-hybridized carbons (Fsp3) is 0.167. The summed E-state index contributed by atoms with van der Waals surface area (Å²) in [4.78, 5) is 11.4. The van der Waals surface area contributed by atoms with E-state index >= 15 is 0 Å². The molecule has 0 radical (unpaired) electrons. The second-order valence-corrected chi connectivity index (χ2v) is 3.49. The molecule has 5 nitrogen and oxygen atoms in total. The van der Waals surface area contributed by atoms with Gasteiger partial charge in [0.25, 0.3) is 0 Å². The summed E-state index contributed by atoms with van der Waals surface area (Å²) >= 11 is 0. The van der Waals surface area contributed by atoms with Crippen molar-refractivity contribution in [2.45, 2.75) is 6.42 Å². The largest absolute Gasteiger partial charge is 0.338 e. The summed E-state index contributed by atoms with van der Waals surface area (Å²) in [6, 6.07) is 11.3. The predicted molar refractivity (Wildman–Crippen MR) is 63.7 cm³/mol. The minimum absolute atomic E-state index is 0.294. The minimum Gasteiger partial charge on any atom is -0.338 e. The van der Waals surface area contributed by atoms with Crippen molar-refractivity contribution in [1.82, 2.24) is 10.5 Å². The van der Waals surface area contributed by atoms with Gasteiger partial charge in [0.05, 0.1) is 6.20 Å². The van der Waals surface area contributed by atoms with Gasteiger partial charge in [-0.25, -0.2) is 4.79 Å². The molecule has 2 amide bonds. The molecule has 0 unspecified atom stereocenters. The van der Waals surface area contributed by atoms with Crippen LogP contribution in [0.2, 0.25) is 0 Å². The molecule has 2 aromatic rings. The van der Waals surface area contributed by atoms with Crippen molar-refractivity contribution in [2.75, 3.05) is 11.9 Å². The third kappa shape index (κ3) is 3.64. The van der Waals surface area contributed by atoms with Crippen molar-refractivity contribution >= 4 is 11.9 Å². The molecule has 1 aromatic carbocycles. The summed E-state index contributed by atoms with van der Waals surface area (Å²) in [6.07, 6.45) is 2.27. The number of hydrogen-bond donors (Lipinski definition) is 2. The summed E-state index contributed by atoms with van der Waals surface area (Å²) in [5.74, 6) is 0.335. The first-order chi connectivity index (χ1) is 8.34. The monoisotopic (exact) mass is 231 g/mol. The van der Waals surface area contributed by atoms with Crippen LogP contribution in [0, 0.1) is 0 Å². The molecule has 0 aliphatic heterocycles. The molecule has 0 spiro atoms. The van der Waals surface area contributed by atoms with Crippen LogP contribution < -0.4 is 10.6 Å². The summed E-state index contributed by atoms with van der Waals surface area (Å²) in [7, 11) is 0. The number of nitrogens with one attached hydrogen (secondary N) is 2. The third-order valence-electron chi connectivity index (χ3n) is 2.22. The molecule has 0 bridgehead atoms. The molecule has 0 saturated carbocycles. The van der Waals surface area contributed by atoms with Crippen molar-refractivity contribution in [1.29, 1.82) is 0 Å². The summed E-state index contributed by atoms with van der Waals surface area (Å²) in [5, 5.41) is 8.75. The quantitative estimate of drug-likeness (QED) is 0.846. The van der Waals surface area contributed by atoms with Crippen molar-refractivity contribution in [3.05, 3.63) is 48.2 Å². The fourth-order valence-electron chi connectivity index (χ4n) is 1.40. The number of rotatable bonds is 4. The molecule has 0 aliphatic rings. The van der Waals surface area contributed by atoms with E-state index in [1.807, 2.05) is 30.3 Å². The Kier molecular flexibility index (Phi) is 3.75. The van der Waals surface area contributed by atoms with Gasteiger partial charge in [-0.1, -0.05) is 35.5 Å². The molecule has 0 atom stereocenters. The van der Waals surface area contributed by atoms with Gasteiger partial charge in [-0.2, -0.15) is 0 Å². The highest BCUT2D eigenvalue weighted by Gasteiger charge is 2.03. The van der Waals surface area contributed by atoms with Gasteiger partial charge < -0.3 is 9.84 Å². The Bertz CT molecular complexity index is 454. The van der Waals surface area contributed by atoms with Crippen LogP contribution in [0.4, 0.5) is 10.7 Å². The Hall–Kier alpha value is -2.30. The van der Waals surface area contributed by atoms with Crippen LogP contribution in [0.5, 0.6) is 0 Å². The average Bonchev–Trinajstić information content (AvgIpc) is 2.83. The van der Waals surface area contributed by atoms with E-state index in [1.54, 1.807) is 6.07 Å². The van der Waals surface area contributed by atoms with E-state index < -0.39 is 0 Å². The molecule has 2 N–H and O–H groups in total. The van der Waals surface area contributed by atoms with Crippen molar-refractivity contribution in [3.8, 4) is 0 Å². The van der Waals surface area contributed by atoms with E-state index in [-0.39, 0.29) is 6.03 Å². The Morgan fingerprint density at radius 2 is 2.06 bits per heavy atom.